The van der Waals surface area contributed by atoms with Gasteiger partial charge in [-0.2, -0.15) is 0 Å². The molecule has 0 saturated carbocycles. The Bertz CT molecular complexity index is 859. The topological polar surface area (TPSA) is 64.6 Å². The van der Waals surface area contributed by atoms with Gasteiger partial charge in [0, 0.05) is 24.2 Å². The maximum absolute atomic E-state index is 13.7. The van der Waals surface area contributed by atoms with Gasteiger partial charge in [0.15, 0.2) is 0 Å². The van der Waals surface area contributed by atoms with Crippen molar-refractivity contribution in [2.45, 2.75) is 11.4 Å². The monoisotopic (exact) mass is 377 g/mol. The fourth-order valence-electron chi connectivity index (χ4n) is 1.96. The lowest BCUT2D eigenvalue weighted by atomic mass is 10.2. The molecule has 9 heteroatoms. The van der Waals surface area contributed by atoms with Crippen LogP contribution in [0.1, 0.15) is 5.56 Å². The van der Waals surface area contributed by atoms with E-state index in [0.717, 1.165) is 6.07 Å². The molecular formula is C15H14ClF2NO4S. The molecule has 0 saturated heterocycles. The highest BCUT2D eigenvalue weighted by Crippen LogP contribution is 2.26. The van der Waals surface area contributed by atoms with E-state index in [1.54, 1.807) is 18.2 Å². The summed E-state index contributed by atoms with van der Waals surface area (Å²) in [5.41, 5.74) is 0.510. The summed E-state index contributed by atoms with van der Waals surface area (Å²) in [6.45, 7) is -0.163. The lowest BCUT2D eigenvalue weighted by Gasteiger charge is -2.12. The highest BCUT2D eigenvalue weighted by atomic mass is 35.5. The minimum absolute atomic E-state index is 0.163. The maximum atomic E-state index is 13.7. The van der Waals surface area contributed by atoms with E-state index in [4.69, 9.17) is 21.1 Å². The molecule has 0 aliphatic heterocycles. The van der Waals surface area contributed by atoms with Crippen molar-refractivity contribution in [2.24, 2.45) is 0 Å². The Hall–Kier alpha value is -1.90. The molecular weight excluding hydrogens is 364 g/mol. The Morgan fingerprint density at radius 1 is 1.08 bits per heavy atom. The molecule has 0 spiro atoms. The zero-order valence-electron chi connectivity index (χ0n) is 12.8. The summed E-state index contributed by atoms with van der Waals surface area (Å²) in [5.74, 6) is -1.33. The smallest absolute Gasteiger partial charge is 0.243 e. The predicted octanol–water partition coefficient (Wildman–Crippen LogP) is 3.11. The Morgan fingerprint density at radius 2 is 1.79 bits per heavy atom. The van der Waals surface area contributed by atoms with E-state index in [9.17, 15) is 17.2 Å². The summed E-state index contributed by atoms with van der Waals surface area (Å²) in [6.07, 6.45) is 0. The van der Waals surface area contributed by atoms with Crippen LogP contribution in [0.15, 0.2) is 35.2 Å². The molecule has 0 unspecified atom stereocenters. The first kappa shape index (κ1) is 18.4. The molecule has 0 heterocycles. The van der Waals surface area contributed by atoms with E-state index in [-0.39, 0.29) is 6.54 Å². The second-order valence-corrected chi connectivity index (χ2v) is 6.84. The van der Waals surface area contributed by atoms with Gasteiger partial charge in [0.1, 0.15) is 28.0 Å². The SMILES string of the molecule is COc1ccc(CNS(=O)(=O)c2cc(Cl)c(F)cc2F)c(OC)c1. The first-order valence-corrected chi connectivity index (χ1v) is 8.49. The Balaban J connectivity index is 2.27. The fraction of sp³-hybridized carbons (Fsp3) is 0.200. The second-order valence-electron chi connectivity index (χ2n) is 4.70. The predicted molar refractivity (Wildman–Crippen MR) is 84.9 cm³/mol. The van der Waals surface area contributed by atoms with Crippen LogP contribution in [0.4, 0.5) is 8.78 Å². The summed E-state index contributed by atoms with van der Waals surface area (Å²) in [5, 5.41) is -0.487. The lowest BCUT2D eigenvalue weighted by molar-refractivity contribution is 0.390. The molecule has 24 heavy (non-hydrogen) atoms. The number of ether oxygens (including phenoxy) is 2. The molecule has 2 aromatic carbocycles. The standard InChI is InChI=1S/C15H14ClF2NO4S/c1-22-10-4-3-9(14(5-10)23-2)8-19-24(20,21)15-6-11(16)12(17)7-13(15)18/h3-7,19H,8H2,1-2H3. The Morgan fingerprint density at radius 3 is 2.42 bits per heavy atom. The molecule has 0 atom stereocenters. The third-order valence-electron chi connectivity index (χ3n) is 3.21. The number of methoxy groups -OCH3 is 2. The number of nitrogens with one attached hydrogen (secondary N) is 1. The van der Waals surface area contributed by atoms with E-state index in [0.29, 0.717) is 23.1 Å². The Labute approximate surface area is 143 Å². The number of hydrogen-bond donors (Lipinski definition) is 1. The van der Waals surface area contributed by atoms with E-state index >= 15 is 0 Å². The lowest BCUT2D eigenvalue weighted by Crippen LogP contribution is -2.24. The molecule has 2 rings (SSSR count). The number of hydrogen-bond acceptors (Lipinski definition) is 4. The van der Waals surface area contributed by atoms with Crippen LogP contribution in [-0.2, 0) is 16.6 Å². The fourth-order valence-corrected chi connectivity index (χ4v) is 3.28. The van der Waals surface area contributed by atoms with Crippen molar-refractivity contribution in [1.82, 2.24) is 4.72 Å². The van der Waals surface area contributed by atoms with Gasteiger partial charge in [0.2, 0.25) is 10.0 Å². The van der Waals surface area contributed by atoms with Gasteiger partial charge in [0.05, 0.1) is 19.2 Å². The second kappa shape index (κ2) is 7.33. The van der Waals surface area contributed by atoms with Gasteiger partial charge in [0.25, 0.3) is 0 Å². The minimum atomic E-state index is -4.23. The molecule has 0 amide bonds. The van der Waals surface area contributed by atoms with E-state index < -0.39 is 31.6 Å². The molecule has 0 fully saturated rings. The quantitative estimate of drug-likeness (QED) is 0.786. The number of benzene rings is 2. The van der Waals surface area contributed by atoms with Crippen LogP contribution in [0, 0.1) is 11.6 Å². The molecule has 0 aliphatic carbocycles. The van der Waals surface area contributed by atoms with Crippen molar-refractivity contribution < 1.29 is 26.7 Å². The zero-order valence-corrected chi connectivity index (χ0v) is 14.3. The zero-order chi connectivity index (χ0) is 17.9. The van der Waals surface area contributed by atoms with E-state index in [1.165, 1.54) is 14.2 Å². The summed E-state index contributed by atoms with van der Waals surface area (Å²) >= 11 is 5.52. The van der Waals surface area contributed by atoms with Crippen LogP contribution in [-0.4, -0.2) is 22.6 Å². The van der Waals surface area contributed by atoms with Crippen LogP contribution in [0.5, 0.6) is 11.5 Å². The maximum Gasteiger partial charge on any atom is 0.243 e. The molecule has 0 aliphatic rings. The average Bonchev–Trinajstić information content (AvgIpc) is 2.56. The molecule has 5 nitrogen and oxygen atoms in total. The molecule has 1 N–H and O–H groups in total. The van der Waals surface area contributed by atoms with E-state index in [1.807, 2.05) is 0 Å². The largest absolute Gasteiger partial charge is 0.497 e. The van der Waals surface area contributed by atoms with Gasteiger partial charge in [-0.1, -0.05) is 17.7 Å². The summed E-state index contributed by atoms with van der Waals surface area (Å²) in [6, 6.07) is 5.96. The van der Waals surface area contributed by atoms with Crippen LogP contribution in [0.3, 0.4) is 0 Å². The van der Waals surface area contributed by atoms with Crippen molar-refractivity contribution in [3.63, 3.8) is 0 Å². The highest BCUT2D eigenvalue weighted by molar-refractivity contribution is 7.89. The van der Waals surface area contributed by atoms with Crippen molar-refractivity contribution in [2.75, 3.05) is 14.2 Å². The van der Waals surface area contributed by atoms with Crippen molar-refractivity contribution in [3.8, 4) is 11.5 Å². The van der Waals surface area contributed by atoms with Crippen LogP contribution < -0.4 is 14.2 Å². The van der Waals surface area contributed by atoms with Crippen molar-refractivity contribution >= 4 is 21.6 Å². The first-order valence-electron chi connectivity index (χ1n) is 6.63. The van der Waals surface area contributed by atoms with Crippen molar-refractivity contribution in [1.29, 1.82) is 0 Å². The van der Waals surface area contributed by atoms with Gasteiger partial charge >= 0.3 is 0 Å². The van der Waals surface area contributed by atoms with E-state index in [2.05, 4.69) is 4.72 Å². The summed E-state index contributed by atoms with van der Waals surface area (Å²) in [7, 11) is -1.32. The molecule has 0 radical (unpaired) electrons. The molecule has 130 valence electrons. The average molecular weight is 378 g/mol. The van der Waals surface area contributed by atoms with Gasteiger partial charge in [-0.3, -0.25) is 0 Å². The third kappa shape index (κ3) is 3.95. The van der Waals surface area contributed by atoms with Crippen LogP contribution in [0.25, 0.3) is 0 Å². The molecule has 2 aromatic rings. The van der Waals surface area contributed by atoms with Crippen LogP contribution in [0.2, 0.25) is 5.02 Å². The third-order valence-corrected chi connectivity index (χ3v) is 4.92. The normalized spacial score (nSPS) is 11.4. The van der Waals surface area contributed by atoms with Gasteiger partial charge in [-0.05, 0) is 12.1 Å². The number of halogens is 3. The molecule has 0 bridgehead atoms. The first-order chi connectivity index (χ1) is 11.3. The Kier molecular flexibility index (Phi) is 5.63. The summed E-state index contributed by atoms with van der Waals surface area (Å²) in [4.78, 5) is -0.735. The number of rotatable bonds is 6. The van der Waals surface area contributed by atoms with Gasteiger partial charge < -0.3 is 9.47 Å². The van der Waals surface area contributed by atoms with Crippen LogP contribution >= 0.6 is 11.6 Å². The highest BCUT2D eigenvalue weighted by Gasteiger charge is 2.22. The van der Waals surface area contributed by atoms with Crippen molar-refractivity contribution in [3.05, 3.63) is 52.6 Å². The van der Waals surface area contributed by atoms with Gasteiger partial charge in [-0.15, -0.1) is 0 Å². The minimum Gasteiger partial charge on any atom is -0.497 e. The number of sulfonamides is 1. The summed E-state index contributed by atoms with van der Waals surface area (Å²) < 4.78 is 63.7. The van der Waals surface area contributed by atoms with Gasteiger partial charge in [-0.25, -0.2) is 21.9 Å². The molecule has 0 aromatic heterocycles.